The van der Waals surface area contributed by atoms with Crippen LogP contribution in [0, 0.1) is 18.6 Å². The minimum Gasteiger partial charge on any atom is -0.348 e. The Balaban J connectivity index is 1.63. The van der Waals surface area contributed by atoms with Gasteiger partial charge in [-0.1, -0.05) is 24.3 Å². The molecule has 6 heteroatoms. The minimum absolute atomic E-state index is 0.107. The molecule has 0 aliphatic rings. The molecule has 0 saturated heterocycles. The molecule has 3 rings (SSSR count). The topological polar surface area (TPSA) is 54.0 Å². The monoisotopic (exact) mass is 353 g/mol. The van der Waals surface area contributed by atoms with Gasteiger partial charge in [0.15, 0.2) is 0 Å². The summed E-state index contributed by atoms with van der Waals surface area (Å²) in [6, 6.07) is 14.2. The Kier molecular flexibility index (Phi) is 5.22. The predicted octanol–water partition coefficient (Wildman–Crippen LogP) is 4.34. The second-order valence-corrected chi connectivity index (χ2v) is 5.79. The predicted molar refractivity (Wildman–Crippen MR) is 96.2 cm³/mol. The molecular formula is C20H17F2N3O. The molecule has 2 N–H and O–H groups in total. The number of carbonyl (C=O) groups excluding carboxylic acids is 1. The highest BCUT2D eigenvalue weighted by Crippen LogP contribution is 2.19. The van der Waals surface area contributed by atoms with Crippen LogP contribution in [0.1, 0.15) is 21.5 Å². The summed E-state index contributed by atoms with van der Waals surface area (Å²) in [5.74, 6) is -1.26. The van der Waals surface area contributed by atoms with Crippen LogP contribution >= 0.6 is 0 Å². The van der Waals surface area contributed by atoms with Crippen molar-refractivity contribution in [3.05, 3.63) is 89.1 Å². The zero-order chi connectivity index (χ0) is 18.5. The number of nitrogens with zero attached hydrogens (tertiary/aromatic N) is 1. The quantitative estimate of drug-likeness (QED) is 0.717. The second kappa shape index (κ2) is 7.74. The van der Waals surface area contributed by atoms with E-state index in [1.807, 2.05) is 31.2 Å². The standard InChI is InChI=1S/C20H17F2N3O/c1-13-4-2-3-5-14(13)11-24-20(26)15-6-9-19(23-12-15)25-18-8-7-16(21)10-17(18)22/h2-10,12H,11H2,1H3,(H,23,25)(H,24,26). The molecule has 1 aromatic heterocycles. The highest BCUT2D eigenvalue weighted by Gasteiger charge is 2.08. The summed E-state index contributed by atoms with van der Waals surface area (Å²) >= 11 is 0. The maximum Gasteiger partial charge on any atom is 0.253 e. The van der Waals surface area contributed by atoms with Crippen LogP contribution in [-0.4, -0.2) is 10.9 Å². The van der Waals surface area contributed by atoms with Crippen LogP contribution in [0.4, 0.5) is 20.3 Å². The van der Waals surface area contributed by atoms with E-state index in [1.54, 1.807) is 12.1 Å². The number of aryl methyl sites for hydroxylation is 1. The fourth-order valence-electron chi connectivity index (χ4n) is 2.42. The van der Waals surface area contributed by atoms with E-state index in [0.29, 0.717) is 17.9 Å². The van der Waals surface area contributed by atoms with E-state index < -0.39 is 11.6 Å². The third-order valence-corrected chi connectivity index (χ3v) is 3.92. The SMILES string of the molecule is Cc1ccccc1CNC(=O)c1ccc(Nc2ccc(F)cc2F)nc1. The van der Waals surface area contributed by atoms with Gasteiger partial charge >= 0.3 is 0 Å². The van der Waals surface area contributed by atoms with Gasteiger partial charge in [0.25, 0.3) is 5.91 Å². The van der Waals surface area contributed by atoms with Gasteiger partial charge in [0.1, 0.15) is 17.5 Å². The molecule has 0 atom stereocenters. The summed E-state index contributed by atoms with van der Waals surface area (Å²) in [6.07, 6.45) is 1.40. The lowest BCUT2D eigenvalue weighted by atomic mass is 10.1. The van der Waals surface area contributed by atoms with Crippen LogP contribution < -0.4 is 10.6 Å². The van der Waals surface area contributed by atoms with Gasteiger partial charge in [-0.3, -0.25) is 4.79 Å². The summed E-state index contributed by atoms with van der Waals surface area (Å²) in [6.45, 7) is 2.41. The molecule has 1 amide bonds. The van der Waals surface area contributed by atoms with E-state index in [2.05, 4.69) is 15.6 Å². The first kappa shape index (κ1) is 17.5. The Morgan fingerprint density at radius 3 is 2.58 bits per heavy atom. The van der Waals surface area contributed by atoms with Gasteiger partial charge in [0.2, 0.25) is 0 Å². The van der Waals surface area contributed by atoms with Gasteiger partial charge in [-0.2, -0.15) is 0 Å². The van der Waals surface area contributed by atoms with E-state index in [1.165, 1.54) is 12.3 Å². The first-order valence-corrected chi connectivity index (χ1v) is 8.04. The summed E-state index contributed by atoms with van der Waals surface area (Å²) in [7, 11) is 0. The molecule has 132 valence electrons. The zero-order valence-corrected chi connectivity index (χ0v) is 14.1. The molecule has 26 heavy (non-hydrogen) atoms. The molecule has 0 saturated carbocycles. The van der Waals surface area contributed by atoms with Crippen molar-refractivity contribution in [1.82, 2.24) is 10.3 Å². The Morgan fingerprint density at radius 1 is 1.08 bits per heavy atom. The van der Waals surface area contributed by atoms with E-state index in [4.69, 9.17) is 0 Å². The Morgan fingerprint density at radius 2 is 1.88 bits per heavy atom. The number of halogens is 2. The molecule has 0 radical (unpaired) electrons. The maximum absolute atomic E-state index is 13.6. The molecule has 0 aliphatic carbocycles. The molecule has 0 aliphatic heterocycles. The summed E-state index contributed by atoms with van der Waals surface area (Å²) in [5, 5.41) is 5.59. The summed E-state index contributed by atoms with van der Waals surface area (Å²) < 4.78 is 26.6. The molecule has 0 fully saturated rings. The van der Waals surface area contributed by atoms with E-state index in [9.17, 15) is 13.6 Å². The fourth-order valence-corrected chi connectivity index (χ4v) is 2.42. The number of hydrogen-bond donors (Lipinski definition) is 2. The first-order chi connectivity index (χ1) is 12.5. The van der Waals surface area contributed by atoms with E-state index >= 15 is 0 Å². The molecule has 0 unspecified atom stereocenters. The lowest BCUT2D eigenvalue weighted by molar-refractivity contribution is 0.0950. The molecule has 4 nitrogen and oxygen atoms in total. The summed E-state index contributed by atoms with van der Waals surface area (Å²) in [4.78, 5) is 16.3. The number of benzene rings is 2. The molecule has 0 bridgehead atoms. The Hall–Kier alpha value is -3.28. The van der Waals surface area contributed by atoms with Crippen molar-refractivity contribution in [1.29, 1.82) is 0 Å². The number of carbonyl (C=O) groups is 1. The number of nitrogens with one attached hydrogen (secondary N) is 2. The zero-order valence-electron chi connectivity index (χ0n) is 14.1. The normalized spacial score (nSPS) is 10.4. The largest absolute Gasteiger partial charge is 0.348 e. The average molecular weight is 353 g/mol. The van der Waals surface area contributed by atoms with Crippen LogP contribution in [0.5, 0.6) is 0 Å². The molecule has 1 heterocycles. The van der Waals surface area contributed by atoms with Crippen molar-refractivity contribution in [2.45, 2.75) is 13.5 Å². The second-order valence-electron chi connectivity index (χ2n) is 5.79. The van der Waals surface area contributed by atoms with Crippen molar-refractivity contribution < 1.29 is 13.6 Å². The smallest absolute Gasteiger partial charge is 0.253 e. The third-order valence-electron chi connectivity index (χ3n) is 3.92. The van der Waals surface area contributed by atoms with E-state index in [0.717, 1.165) is 23.3 Å². The lowest BCUT2D eigenvalue weighted by Crippen LogP contribution is -2.23. The Bertz CT molecular complexity index is 927. The van der Waals surface area contributed by atoms with Gasteiger partial charge in [0.05, 0.1) is 11.3 Å². The van der Waals surface area contributed by atoms with Crippen LogP contribution in [-0.2, 0) is 6.54 Å². The Labute approximate surface area is 149 Å². The number of anilines is 2. The van der Waals surface area contributed by atoms with Crippen molar-refractivity contribution in [2.24, 2.45) is 0 Å². The number of hydrogen-bond acceptors (Lipinski definition) is 3. The molecule has 3 aromatic rings. The number of amides is 1. The van der Waals surface area contributed by atoms with Gasteiger partial charge in [-0.05, 0) is 42.3 Å². The lowest BCUT2D eigenvalue weighted by Gasteiger charge is -2.09. The number of aromatic nitrogens is 1. The van der Waals surface area contributed by atoms with Crippen LogP contribution in [0.25, 0.3) is 0 Å². The van der Waals surface area contributed by atoms with Crippen molar-refractivity contribution >= 4 is 17.4 Å². The van der Waals surface area contributed by atoms with Crippen LogP contribution in [0.15, 0.2) is 60.8 Å². The molecular weight excluding hydrogens is 336 g/mol. The highest BCUT2D eigenvalue weighted by molar-refractivity contribution is 5.94. The molecule has 2 aromatic carbocycles. The third kappa shape index (κ3) is 4.22. The van der Waals surface area contributed by atoms with Crippen molar-refractivity contribution in [2.75, 3.05) is 5.32 Å². The number of rotatable bonds is 5. The minimum atomic E-state index is -0.716. The van der Waals surface area contributed by atoms with Crippen LogP contribution in [0.2, 0.25) is 0 Å². The first-order valence-electron chi connectivity index (χ1n) is 8.04. The highest BCUT2D eigenvalue weighted by atomic mass is 19.1. The van der Waals surface area contributed by atoms with E-state index in [-0.39, 0.29) is 11.6 Å². The van der Waals surface area contributed by atoms with Crippen LogP contribution in [0.3, 0.4) is 0 Å². The van der Waals surface area contributed by atoms with Gasteiger partial charge in [-0.15, -0.1) is 0 Å². The number of pyridine rings is 1. The average Bonchev–Trinajstić information content (AvgIpc) is 2.64. The van der Waals surface area contributed by atoms with Gasteiger partial charge in [-0.25, -0.2) is 13.8 Å². The van der Waals surface area contributed by atoms with Gasteiger partial charge < -0.3 is 10.6 Å². The fraction of sp³-hybridized carbons (Fsp3) is 0.100. The van der Waals surface area contributed by atoms with Crippen molar-refractivity contribution in [3.63, 3.8) is 0 Å². The van der Waals surface area contributed by atoms with Gasteiger partial charge in [0, 0.05) is 18.8 Å². The van der Waals surface area contributed by atoms with Crippen molar-refractivity contribution in [3.8, 4) is 0 Å². The molecule has 0 spiro atoms. The maximum atomic E-state index is 13.6. The summed E-state index contributed by atoms with van der Waals surface area (Å²) in [5.41, 5.74) is 2.64.